The van der Waals surface area contributed by atoms with E-state index in [0.29, 0.717) is 12.8 Å². The third kappa shape index (κ3) is 1.24. The average molecular weight is 211 g/mol. The second-order valence-corrected chi connectivity index (χ2v) is 4.55. The third-order valence-corrected chi connectivity index (χ3v) is 3.95. The Morgan fingerprint density at radius 3 is 2.07 bits per heavy atom. The van der Waals surface area contributed by atoms with Crippen molar-refractivity contribution in [3.05, 3.63) is 0 Å². The van der Waals surface area contributed by atoms with E-state index in [1.807, 2.05) is 13.8 Å². The van der Waals surface area contributed by atoms with Crippen molar-refractivity contribution in [3.63, 3.8) is 0 Å². The number of hydrogen-bond acceptors (Lipinski definition) is 3. The van der Waals surface area contributed by atoms with Gasteiger partial charge in [-0.1, -0.05) is 13.8 Å². The molecule has 0 radical (unpaired) electrons. The van der Waals surface area contributed by atoms with E-state index >= 15 is 0 Å². The van der Waals surface area contributed by atoms with Crippen molar-refractivity contribution in [2.75, 3.05) is 6.61 Å². The highest BCUT2D eigenvalue weighted by atomic mass is 16.3. The van der Waals surface area contributed by atoms with Gasteiger partial charge in [0.15, 0.2) is 0 Å². The summed E-state index contributed by atoms with van der Waals surface area (Å²) < 4.78 is 0. The molecule has 1 N–H and O–H groups in total. The average Bonchev–Trinajstić information content (AvgIpc) is 3.00. The Morgan fingerprint density at radius 1 is 1.27 bits per heavy atom. The summed E-state index contributed by atoms with van der Waals surface area (Å²) in [6.07, 6.45) is 1.97. The molecule has 15 heavy (non-hydrogen) atoms. The number of aliphatic hydroxyl groups is 1. The minimum Gasteiger partial charge on any atom is -0.394 e. The Hall–Kier alpha value is -0.900. The molecule has 4 nitrogen and oxygen atoms in total. The zero-order valence-electron chi connectivity index (χ0n) is 9.19. The number of aliphatic hydroxyl groups excluding tert-OH is 1. The minimum atomic E-state index is -0.651. The van der Waals surface area contributed by atoms with Crippen LogP contribution in [-0.4, -0.2) is 34.0 Å². The van der Waals surface area contributed by atoms with Crippen molar-refractivity contribution in [3.8, 4) is 0 Å². The molecule has 1 aliphatic carbocycles. The highest BCUT2D eigenvalue weighted by Gasteiger charge is 2.62. The molecule has 1 saturated heterocycles. The largest absolute Gasteiger partial charge is 0.394 e. The van der Waals surface area contributed by atoms with Gasteiger partial charge in [-0.15, -0.1) is 0 Å². The van der Waals surface area contributed by atoms with Gasteiger partial charge in [-0.2, -0.15) is 0 Å². The van der Waals surface area contributed by atoms with Crippen LogP contribution in [0.15, 0.2) is 0 Å². The number of nitrogens with zero attached hydrogens (tertiary/aromatic N) is 1. The Kier molecular flexibility index (Phi) is 2.34. The first-order valence-corrected chi connectivity index (χ1v) is 5.60. The van der Waals surface area contributed by atoms with E-state index in [1.54, 1.807) is 0 Å². The molecular formula is C11H17NO3. The molecule has 0 spiro atoms. The SMILES string of the molecule is CCC(CC)(CO)N1C(=O)C2CC2C1=O. The van der Waals surface area contributed by atoms with Crippen LogP contribution >= 0.6 is 0 Å². The van der Waals surface area contributed by atoms with Gasteiger partial charge < -0.3 is 5.11 Å². The number of hydrogen-bond donors (Lipinski definition) is 1. The minimum absolute atomic E-state index is 0.0669. The van der Waals surface area contributed by atoms with E-state index in [0.717, 1.165) is 6.42 Å². The lowest BCUT2D eigenvalue weighted by molar-refractivity contribution is -0.151. The molecule has 4 heteroatoms. The molecule has 2 unspecified atom stereocenters. The first-order valence-electron chi connectivity index (χ1n) is 5.60. The summed E-state index contributed by atoms with van der Waals surface area (Å²) >= 11 is 0. The molecule has 2 rings (SSSR count). The van der Waals surface area contributed by atoms with Gasteiger partial charge in [0.2, 0.25) is 11.8 Å². The summed E-state index contributed by atoms with van der Waals surface area (Å²) in [5.74, 6) is -0.270. The Morgan fingerprint density at radius 2 is 1.73 bits per heavy atom. The maximum Gasteiger partial charge on any atom is 0.233 e. The molecule has 2 aliphatic rings. The molecule has 84 valence electrons. The molecule has 2 fully saturated rings. The molecule has 1 aliphatic heterocycles. The van der Waals surface area contributed by atoms with Crippen LogP contribution in [0.4, 0.5) is 0 Å². The third-order valence-electron chi connectivity index (χ3n) is 3.95. The molecular weight excluding hydrogens is 194 g/mol. The van der Waals surface area contributed by atoms with Crippen LogP contribution in [0.25, 0.3) is 0 Å². The fourth-order valence-corrected chi connectivity index (χ4v) is 2.51. The zero-order valence-corrected chi connectivity index (χ0v) is 9.19. The van der Waals surface area contributed by atoms with Gasteiger partial charge in [-0.05, 0) is 19.3 Å². The first-order chi connectivity index (χ1) is 7.11. The van der Waals surface area contributed by atoms with Gasteiger partial charge in [0, 0.05) is 0 Å². The normalized spacial score (nSPS) is 29.7. The van der Waals surface area contributed by atoms with Gasteiger partial charge in [0.25, 0.3) is 0 Å². The maximum atomic E-state index is 11.9. The lowest BCUT2D eigenvalue weighted by Crippen LogP contribution is -2.54. The van der Waals surface area contributed by atoms with Crippen LogP contribution in [0.2, 0.25) is 0 Å². The van der Waals surface area contributed by atoms with E-state index < -0.39 is 5.54 Å². The van der Waals surface area contributed by atoms with Crippen LogP contribution in [0.5, 0.6) is 0 Å². The quantitative estimate of drug-likeness (QED) is 0.690. The Balaban J connectivity index is 2.29. The first kappa shape index (κ1) is 10.6. The summed E-state index contributed by atoms with van der Waals surface area (Å²) in [5, 5.41) is 9.43. The molecule has 1 saturated carbocycles. The predicted octanol–water partition coefficient (Wildman–Crippen LogP) is 0.542. The number of piperidine rings is 1. The summed E-state index contributed by atoms with van der Waals surface area (Å²) in [5.41, 5.74) is -0.651. The summed E-state index contributed by atoms with van der Waals surface area (Å²) in [7, 11) is 0. The molecule has 2 amide bonds. The van der Waals surface area contributed by atoms with E-state index in [9.17, 15) is 14.7 Å². The molecule has 0 aromatic heterocycles. The highest BCUT2D eigenvalue weighted by Crippen LogP contribution is 2.50. The Labute approximate surface area is 89.3 Å². The van der Waals surface area contributed by atoms with Crippen molar-refractivity contribution in [1.82, 2.24) is 4.90 Å². The molecule has 0 aromatic carbocycles. The van der Waals surface area contributed by atoms with E-state index in [-0.39, 0.29) is 30.3 Å². The van der Waals surface area contributed by atoms with E-state index in [1.165, 1.54) is 4.90 Å². The summed E-state index contributed by atoms with van der Waals surface area (Å²) in [4.78, 5) is 25.1. The van der Waals surface area contributed by atoms with Gasteiger partial charge in [0.05, 0.1) is 24.0 Å². The fourth-order valence-electron chi connectivity index (χ4n) is 2.51. The second-order valence-electron chi connectivity index (χ2n) is 4.55. The second kappa shape index (κ2) is 3.30. The maximum absolute atomic E-state index is 11.9. The van der Waals surface area contributed by atoms with Crippen LogP contribution in [0.3, 0.4) is 0 Å². The van der Waals surface area contributed by atoms with Crippen LogP contribution < -0.4 is 0 Å². The zero-order chi connectivity index (χ0) is 11.2. The standard InChI is InChI=1S/C11H17NO3/c1-3-11(4-2,6-13)12-9(14)7-5-8(7)10(12)15/h7-8,13H,3-6H2,1-2H3. The lowest BCUT2D eigenvalue weighted by atomic mass is 9.91. The number of fused-ring (bicyclic) bond motifs is 1. The monoisotopic (exact) mass is 211 g/mol. The van der Waals surface area contributed by atoms with E-state index in [2.05, 4.69) is 0 Å². The smallest absolute Gasteiger partial charge is 0.233 e. The van der Waals surface area contributed by atoms with Gasteiger partial charge in [0.1, 0.15) is 0 Å². The van der Waals surface area contributed by atoms with E-state index in [4.69, 9.17) is 0 Å². The topological polar surface area (TPSA) is 57.6 Å². The van der Waals surface area contributed by atoms with Gasteiger partial charge >= 0.3 is 0 Å². The van der Waals surface area contributed by atoms with Crippen molar-refractivity contribution in [1.29, 1.82) is 0 Å². The number of amides is 2. The van der Waals surface area contributed by atoms with Crippen molar-refractivity contribution in [2.45, 2.75) is 38.6 Å². The number of likely N-dealkylation sites (tertiary alicyclic amines) is 1. The molecule has 0 bridgehead atoms. The number of rotatable bonds is 4. The number of imide groups is 1. The summed E-state index contributed by atoms with van der Waals surface area (Å²) in [6.45, 7) is 3.69. The highest BCUT2D eigenvalue weighted by molar-refractivity contribution is 6.09. The fraction of sp³-hybridized carbons (Fsp3) is 0.818. The number of carbonyl (C=O) groups excluding carboxylic acids is 2. The molecule has 0 aromatic rings. The van der Waals surface area contributed by atoms with Crippen molar-refractivity contribution in [2.24, 2.45) is 11.8 Å². The lowest BCUT2D eigenvalue weighted by Gasteiger charge is -2.38. The van der Waals surface area contributed by atoms with Gasteiger partial charge in [-0.3, -0.25) is 14.5 Å². The Bertz CT molecular complexity index is 281. The predicted molar refractivity (Wildman–Crippen MR) is 53.8 cm³/mol. The number of carbonyl (C=O) groups is 2. The van der Waals surface area contributed by atoms with Crippen LogP contribution in [0.1, 0.15) is 33.1 Å². The van der Waals surface area contributed by atoms with Crippen LogP contribution in [0, 0.1) is 11.8 Å². The van der Waals surface area contributed by atoms with Crippen molar-refractivity contribution < 1.29 is 14.7 Å². The van der Waals surface area contributed by atoms with Crippen LogP contribution in [-0.2, 0) is 9.59 Å². The molecule has 2 atom stereocenters. The molecule has 1 heterocycles. The van der Waals surface area contributed by atoms with Crippen molar-refractivity contribution >= 4 is 11.8 Å². The van der Waals surface area contributed by atoms with Gasteiger partial charge in [-0.25, -0.2) is 0 Å². The summed E-state index contributed by atoms with van der Waals surface area (Å²) in [6, 6.07) is 0.